The molecule has 0 unspecified atom stereocenters. The fraction of sp³-hybridized carbons (Fsp3) is 0.280. The number of allylic oxidation sites excluding steroid dienone is 2. The maximum atomic E-state index is 13.1. The fourth-order valence-corrected chi connectivity index (χ4v) is 5.63. The smallest absolute Gasteiger partial charge is 0.338 e. The first-order valence-corrected chi connectivity index (χ1v) is 11.6. The van der Waals surface area contributed by atoms with E-state index < -0.39 is 18.5 Å². The number of carbonyl (C=O) groups is 4. The van der Waals surface area contributed by atoms with E-state index in [4.69, 9.17) is 27.9 Å². The molecule has 7 nitrogen and oxygen atoms in total. The van der Waals surface area contributed by atoms with Crippen LogP contribution in [0.2, 0.25) is 10.0 Å². The number of anilines is 2. The summed E-state index contributed by atoms with van der Waals surface area (Å²) in [4.78, 5) is 52.2. The predicted octanol–water partition coefficient (Wildman–Crippen LogP) is 4.49. The Morgan fingerprint density at radius 1 is 1.09 bits per heavy atom. The van der Waals surface area contributed by atoms with Crippen LogP contribution in [0.25, 0.3) is 0 Å². The van der Waals surface area contributed by atoms with Gasteiger partial charge < -0.3 is 10.1 Å². The summed E-state index contributed by atoms with van der Waals surface area (Å²) in [5, 5.41) is 3.21. The van der Waals surface area contributed by atoms with Gasteiger partial charge in [-0.15, -0.1) is 0 Å². The maximum Gasteiger partial charge on any atom is 0.338 e. The van der Waals surface area contributed by atoms with Gasteiger partial charge in [0.25, 0.3) is 5.91 Å². The van der Waals surface area contributed by atoms with Gasteiger partial charge in [-0.1, -0.05) is 40.9 Å². The van der Waals surface area contributed by atoms with E-state index in [1.807, 2.05) is 6.92 Å². The SMILES string of the molecule is CC1=C[C@H]2C[C@H]1[C@@H]1C(=O)N(c3cccc(C(=O)OCC(=O)Nc4cc(Cl)ccc4Cl)c3)C(=O)[C@@H]12. The van der Waals surface area contributed by atoms with Crippen LogP contribution in [0, 0.1) is 23.7 Å². The number of amides is 3. The minimum absolute atomic E-state index is 0.0936. The van der Waals surface area contributed by atoms with E-state index in [0.717, 1.165) is 6.42 Å². The first-order chi connectivity index (χ1) is 16.2. The van der Waals surface area contributed by atoms with E-state index in [1.54, 1.807) is 18.2 Å². The van der Waals surface area contributed by atoms with Crippen LogP contribution in [-0.2, 0) is 19.1 Å². The summed E-state index contributed by atoms with van der Waals surface area (Å²) in [6.07, 6.45) is 2.96. The molecule has 2 bridgehead atoms. The zero-order valence-electron chi connectivity index (χ0n) is 18.1. The van der Waals surface area contributed by atoms with Crippen LogP contribution in [0.5, 0.6) is 0 Å². The topological polar surface area (TPSA) is 92.8 Å². The number of hydrogen-bond acceptors (Lipinski definition) is 5. The number of nitrogens with one attached hydrogen (secondary N) is 1. The Hall–Kier alpha value is -3.16. The molecule has 174 valence electrons. The summed E-state index contributed by atoms with van der Waals surface area (Å²) in [6, 6.07) is 10.7. The van der Waals surface area contributed by atoms with Crippen LogP contribution < -0.4 is 10.2 Å². The number of nitrogens with zero attached hydrogens (tertiary/aromatic N) is 1. The molecule has 1 heterocycles. The van der Waals surface area contributed by atoms with Gasteiger partial charge >= 0.3 is 5.97 Å². The summed E-state index contributed by atoms with van der Waals surface area (Å²) in [7, 11) is 0. The first-order valence-electron chi connectivity index (χ1n) is 10.8. The molecule has 0 aromatic heterocycles. The van der Waals surface area contributed by atoms with Crippen molar-refractivity contribution in [2.45, 2.75) is 13.3 Å². The normalized spacial score (nSPS) is 24.8. The second-order valence-corrected chi connectivity index (χ2v) is 9.62. The van der Waals surface area contributed by atoms with Gasteiger partial charge in [-0.25, -0.2) is 9.69 Å². The molecule has 2 aromatic rings. The number of carbonyl (C=O) groups excluding carboxylic acids is 4. The van der Waals surface area contributed by atoms with E-state index in [-0.39, 0.29) is 41.0 Å². The molecule has 1 saturated heterocycles. The lowest BCUT2D eigenvalue weighted by atomic mass is 9.82. The van der Waals surface area contributed by atoms with Gasteiger partial charge in [0.15, 0.2) is 6.61 Å². The van der Waals surface area contributed by atoms with Crippen molar-refractivity contribution in [2.75, 3.05) is 16.8 Å². The van der Waals surface area contributed by atoms with Crippen molar-refractivity contribution < 1.29 is 23.9 Å². The second-order valence-electron chi connectivity index (χ2n) is 8.78. The summed E-state index contributed by atoms with van der Waals surface area (Å²) >= 11 is 11.9. The Morgan fingerprint density at radius 3 is 2.65 bits per heavy atom. The second kappa shape index (κ2) is 8.56. The van der Waals surface area contributed by atoms with E-state index in [1.165, 1.54) is 34.7 Å². The quantitative estimate of drug-likeness (QED) is 0.372. The number of ether oxygens (including phenoxy) is 1. The zero-order chi connectivity index (χ0) is 24.1. The van der Waals surface area contributed by atoms with Gasteiger partial charge in [-0.2, -0.15) is 0 Å². The van der Waals surface area contributed by atoms with Crippen LogP contribution in [0.3, 0.4) is 0 Å². The van der Waals surface area contributed by atoms with Crippen molar-refractivity contribution in [1.82, 2.24) is 0 Å². The van der Waals surface area contributed by atoms with Gasteiger partial charge in [-0.3, -0.25) is 14.4 Å². The third kappa shape index (κ3) is 3.79. The molecule has 0 radical (unpaired) electrons. The monoisotopic (exact) mass is 498 g/mol. The lowest BCUT2D eigenvalue weighted by molar-refractivity contribution is -0.123. The largest absolute Gasteiger partial charge is 0.452 e. The van der Waals surface area contributed by atoms with Gasteiger partial charge in [0.1, 0.15) is 0 Å². The summed E-state index contributed by atoms with van der Waals surface area (Å²) in [6.45, 7) is 1.46. The highest BCUT2D eigenvalue weighted by molar-refractivity contribution is 6.35. The van der Waals surface area contributed by atoms with E-state index >= 15 is 0 Å². The lowest BCUT2D eigenvalue weighted by Crippen LogP contribution is -2.33. The Bertz CT molecular complexity index is 1270. The number of imide groups is 1. The highest BCUT2D eigenvalue weighted by atomic mass is 35.5. The zero-order valence-corrected chi connectivity index (χ0v) is 19.6. The van der Waals surface area contributed by atoms with Gasteiger partial charge in [-0.05, 0) is 61.6 Å². The molecule has 9 heteroatoms. The molecule has 1 aliphatic heterocycles. The number of benzene rings is 2. The molecule has 1 saturated carbocycles. The highest BCUT2D eigenvalue weighted by Gasteiger charge is 2.60. The van der Waals surface area contributed by atoms with Gasteiger partial charge in [0.05, 0.1) is 33.8 Å². The maximum absolute atomic E-state index is 13.1. The molecule has 3 aliphatic rings. The number of halogens is 2. The molecule has 34 heavy (non-hydrogen) atoms. The standard InChI is InChI=1S/C25H20Cl2N2O5/c1-12-7-14-9-17(12)22-21(14)23(31)29(24(22)32)16-4-2-3-13(8-16)25(33)34-11-20(30)28-19-10-15(26)5-6-18(19)27/h2-8,10,14,17,21-22H,9,11H2,1H3,(H,28,30)/t14-,17+,21+,22-/m0/s1. The molecular weight excluding hydrogens is 479 g/mol. The molecular formula is C25H20Cl2N2O5. The molecule has 4 atom stereocenters. The minimum Gasteiger partial charge on any atom is -0.452 e. The number of fused-ring (bicyclic) bond motifs is 5. The van der Waals surface area contributed by atoms with Crippen molar-refractivity contribution in [3.8, 4) is 0 Å². The summed E-state index contributed by atoms with van der Waals surface area (Å²) < 4.78 is 5.11. The van der Waals surface area contributed by atoms with Crippen molar-refractivity contribution in [3.63, 3.8) is 0 Å². The fourth-order valence-electron chi connectivity index (χ4n) is 5.29. The van der Waals surface area contributed by atoms with Crippen LogP contribution >= 0.6 is 23.2 Å². The molecule has 2 aromatic carbocycles. The Balaban J connectivity index is 1.26. The molecule has 1 N–H and O–H groups in total. The van der Waals surface area contributed by atoms with E-state index in [2.05, 4.69) is 11.4 Å². The van der Waals surface area contributed by atoms with Crippen LogP contribution in [0.15, 0.2) is 54.1 Å². The lowest BCUT2D eigenvalue weighted by Gasteiger charge is -2.19. The predicted molar refractivity (Wildman–Crippen MR) is 127 cm³/mol. The van der Waals surface area contributed by atoms with Crippen LogP contribution in [-0.4, -0.2) is 30.3 Å². The molecule has 5 rings (SSSR count). The van der Waals surface area contributed by atoms with Crippen LogP contribution in [0.4, 0.5) is 11.4 Å². The summed E-state index contributed by atoms with van der Waals surface area (Å²) in [5.41, 5.74) is 1.92. The van der Waals surface area contributed by atoms with Gasteiger partial charge in [0.2, 0.25) is 11.8 Å². The molecule has 3 amide bonds. The summed E-state index contributed by atoms with van der Waals surface area (Å²) in [5.74, 6) is -2.27. The number of rotatable bonds is 5. The average molecular weight is 499 g/mol. The van der Waals surface area contributed by atoms with E-state index in [0.29, 0.717) is 21.4 Å². The van der Waals surface area contributed by atoms with Crippen molar-refractivity contribution in [2.24, 2.45) is 23.7 Å². The van der Waals surface area contributed by atoms with Crippen molar-refractivity contribution in [1.29, 1.82) is 0 Å². The third-order valence-corrected chi connectivity index (χ3v) is 7.32. The van der Waals surface area contributed by atoms with Gasteiger partial charge in [0, 0.05) is 5.02 Å². The van der Waals surface area contributed by atoms with E-state index in [9.17, 15) is 19.2 Å². The first kappa shape index (κ1) is 22.6. The average Bonchev–Trinajstić information content (AvgIpc) is 3.45. The Labute approximate surface area is 205 Å². The molecule has 0 spiro atoms. The third-order valence-electron chi connectivity index (χ3n) is 6.76. The molecule has 2 aliphatic carbocycles. The Kier molecular flexibility index (Phi) is 5.70. The van der Waals surface area contributed by atoms with Crippen molar-refractivity contribution >= 4 is 58.3 Å². The van der Waals surface area contributed by atoms with Crippen molar-refractivity contribution in [3.05, 3.63) is 69.7 Å². The number of hydrogen-bond donors (Lipinski definition) is 1. The minimum atomic E-state index is -0.758. The Morgan fingerprint density at radius 2 is 1.85 bits per heavy atom. The molecule has 2 fully saturated rings. The highest BCUT2D eigenvalue weighted by Crippen LogP contribution is 2.55. The van der Waals surface area contributed by atoms with Crippen LogP contribution in [0.1, 0.15) is 23.7 Å². The number of esters is 1.